The molecule has 2 amide bonds. The van der Waals surface area contributed by atoms with Crippen LogP contribution in [0.1, 0.15) is 19.4 Å². The summed E-state index contributed by atoms with van der Waals surface area (Å²) in [4.78, 5) is 23.7. The Kier molecular flexibility index (Phi) is 5.55. The molecule has 0 radical (unpaired) electrons. The van der Waals surface area contributed by atoms with E-state index in [0.29, 0.717) is 0 Å². The Labute approximate surface area is 142 Å². The molecule has 0 fully saturated rings. The highest BCUT2D eigenvalue weighted by atomic mass is 19.4. The lowest BCUT2D eigenvalue weighted by atomic mass is 10.0. The van der Waals surface area contributed by atoms with Gasteiger partial charge in [-0.25, -0.2) is 9.59 Å². The number of halogens is 3. The highest BCUT2D eigenvalue weighted by Crippen LogP contribution is 2.30. The predicted molar refractivity (Wildman–Crippen MR) is 84.7 cm³/mol. The zero-order valence-electron chi connectivity index (χ0n) is 13.7. The number of rotatable bonds is 5. The number of anilines is 1. The molecule has 1 aromatic rings. The zero-order chi connectivity index (χ0) is 18.6. The molecule has 3 N–H and O–H groups in total. The standard InChI is InChI=1S/C16H18F3N3O3/c1-3-25-14(23)13-9(2)21-15(24)22-12(13)8-20-11-6-4-5-10(7-11)16(17,18)19/h4-7,9,20H,3,8H2,1-2H3,(H2,21,22,24). The first-order valence-corrected chi connectivity index (χ1v) is 7.61. The Balaban J connectivity index is 2.22. The van der Waals surface area contributed by atoms with Crippen LogP contribution >= 0.6 is 0 Å². The molecular weight excluding hydrogens is 339 g/mol. The van der Waals surface area contributed by atoms with E-state index in [0.717, 1.165) is 12.1 Å². The highest BCUT2D eigenvalue weighted by molar-refractivity contribution is 5.94. The number of hydrogen-bond donors (Lipinski definition) is 3. The van der Waals surface area contributed by atoms with Gasteiger partial charge in [0.2, 0.25) is 0 Å². The number of benzene rings is 1. The molecule has 1 aliphatic heterocycles. The van der Waals surface area contributed by atoms with Crippen molar-refractivity contribution in [2.24, 2.45) is 0 Å². The van der Waals surface area contributed by atoms with Crippen LogP contribution in [0, 0.1) is 0 Å². The molecule has 0 saturated heterocycles. The fourth-order valence-electron chi connectivity index (χ4n) is 2.41. The number of carbonyl (C=O) groups excluding carboxylic acids is 2. The average Bonchev–Trinajstić information content (AvgIpc) is 2.52. The lowest BCUT2D eigenvalue weighted by molar-refractivity contribution is -0.139. The molecule has 1 aliphatic rings. The Morgan fingerprint density at radius 1 is 1.36 bits per heavy atom. The molecule has 0 aromatic heterocycles. The minimum Gasteiger partial charge on any atom is -0.463 e. The lowest BCUT2D eigenvalue weighted by Crippen LogP contribution is -2.50. The lowest BCUT2D eigenvalue weighted by Gasteiger charge is -2.27. The van der Waals surface area contributed by atoms with Crippen LogP contribution in [0.2, 0.25) is 0 Å². The van der Waals surface area contributed by atoms with Gasteiger partial charge in [-0.05, 0) is 32.0 Å². The maximum Gasteiger partial charge on any atom is 0.416 e. The summed E-state index contributed by atoms with van der Waals surface area (Å²) in [7, 11) is 0. The van der Waals surface area contributed by atoms with Crippen LogP contribution in [0.25, 0.3) is 0 Å². The van der Waals surface area contributed by atoms with Crippen molar-refractivity contribution in [1.29, 1.82) is 0 Å². The van der Waals surface area contributed by atoms with E-state index in [4.69, 9.17) is 4.74 Å². The van der Waals surface area contributed by atoms with Crippen molar-refractivity contribution in [3.8, 4) is 0 Å². The van der Waals surface area contributed by atoms with E-state index in [1.54, 1.807) is 13.8 Å². The van der Waals surface area contributed by atoms with Gasteiger partial charge in [0.05, 0.1) is 36.0 Å². The van der Waals surface area contributed by atoms with Crippen LogP contribution in [0.4, 0.5) is 23.7 Å². The van der Waals surface area contributed by atoms with Gasteiger partial charge in [0.15, 0.2) is 0 Å². The SMILES string of the molecule is CCOC(=O)C1=C(CNc2cccc(C(F)(F)F)c2)NC(=O)NC1C. The molecule has 0 spiro atoms. The molecule has 6 nitrogen and oxygen atoms in total. The normalized spacial score (nSPS) is 17.6. The first-order valence-electron chi connectivity index (χ1n) is 7.61. The second kappa shape index (κ2) is 7.45. The molecule has 0 bridgehead atoms. The van der Waals surface area contributed by atoms with Crippen molar-refractivity contribution < 1.29 is 27.5 Å². The van der Waals surface area contributed by atoms with Crippen molar-refractivity contribution in [2.75, 3.05) is 18.5 Å². The van der Waals surface area contributed by atoms with Crippen molar-refractivity contribution in [1.82, 2.24) is 10.6 Å². The first kappa shape index (κ1) is 18.6. The average molecular weight is 357 g/mol. The molecule has 136 valence electrons. The third-order valence-corrected chi connectivity index (χ3v) is 3.52. The van der Waals surface area contributed by atoms with Crippen LogP contribution in [0.5, 0.6) is 0 Å². The molecule has 25 heavy (non-hydrogen) atoms. The second-order valence-electron chi connectivity index (χ2n) is 5.36. The van der Waals surface area contributed by atoms with Crippen LogP contribution < -0.4 is 16.0 Å². The highest BCUT2D eigenvalue weighted by Gasteiger charge is 2.31. The molecule has 0 aliphatic carbocycles. The van der Waals surface area contributed by atoms with E-state index >= 15 is 0 Å². The van der Waals surface area contributed by atoms with Gasteiger partial charge in [-0.15, -0.1) is 0 Å². The minimum atomic E-state index is -4.45. The fraction of sp³-hybridized carbons (Fsp3) is 0.375. The number of esters is 1. The third kappa shape index (κ3) is 4.65. The predicted octanol–water partition coefficient (Wildman–Crippen LogP) is 2.64. The van der Waals surface area contributed by atoms with Gasteiger partial charge in [-0.1, -0.05) is 6.07 Å². The third-order valence-electron chi connectivity index (χ3n) is 3.52. The van der Waals surface area contributed by atoms with Gasteiger partial charge in [0.1, 0.15) is 0 Å². The van der Waals surface area contributed by atoms with E-state index in [9.17, 15) is 22.8 Å². The Morgan fingerprint density at radius 3 is 2.72 bits per heavy atom. The van der Waals surface area contributed by atoms with Crippen molar-refractivity contribution >= 4 is 17.7 Å². The van der Waals surface area contributed by atoms with E-state index in [1.807, 2.05) is 0 Å². The van der Waals surface area contributed by atoms with Crippen molar-refractivity contribution in [2.45, 2.75) is 26.1 Å². The molecule has 1 atom stereocenters. The number of carbonyl (C=O) groups is 2. The smallest absolute Gasteiger partial charge is 0.416 e. The molecule has 1 aromatic carbocycles. The summed E-state index contributed by atoms with van der Waals surface area (Å²) in [5.41, 5.74) is -0.0983. The molecule has 1 unspecified atom stereocenters. The molecule has 9 heteroatoms. The number of amides is 2. The maximum absolute atomic E-state index is 12.8. The molecular formula is C16H18F3N3O3. The quantitative estimate of drug-likeness (QED) is 0.708. The summed E-state index contributed by atoms with van der Waals surface area (Å²) in [6.07, 6.45) is -4.45. The summed E-state index contributed by atoms with van der Waals surface area (Å²) in [5, 5.41) is 7.82. The van der Waals surface area contributed by atoms with Crippen LogP contribution in [0.3, 0.4) is 0 Å². The van der Waals surface area contributed by atoms with E-state index in [-0.39, 0.29) is 30.1 Å². The van der Waals surface area contributed by atoms with Gasteiger partial charge in [0, 0.05) is 5.69 Å². The van der Waals surface area contributed by atoms with E-state index < -0.39 is 29.8 Å². The molecule has 1 heterocycles. The molecule has 0 saturated carbocycles. The van der Waals surface area contributed by atoms with Gasteiger partial charge >= 0.3 is 18.2 Å². The summed E-state index contributed by atoms with van der Waals surface area (Å²) < 4.78 is 43.2. The van der Waals surface area contributed by atoms with Gasteiger partial charge in [-0.2, -0.15) is 13.2 Å². The zero-order valence-corrected chi connectivity index (χ0v) is 13.7. The fourth-order valence-corrected chi connectivity index (χ4v) is 2.41. The summed E-state index contributed by atoms with van der Waals surface area (Å²) in [5.74, 6) is -0.594. The van der Waals surface area contributed by atoms with Crippen molar-refractivity contribution in [3.05, 3.63) is 41.1 Å². The van der Waals surface area contributed by atoms with Crippen LogP contribution in [0.15, 0.2) is 35.5 Å². The number of urea groups is 1. The summed E-state index contributed by atoms with van der Waals surface area (Å²) in [6, 6.07) is 3.58. The van der Waals surface area contributed by atoms with Gasteiger partial charge < -0.3 is 20.7 Å². The summed E-state index contributed by atoms with van der Waals surface area (Å²) >= 11 is 0. The van der Waals surface area contributed by atoms with Gasteiger partial charge in [-0.3, -0.25) is 0 Å². The largest absolute Gasteiger partial charge is 0.463 e. The first-order chi connectivity index (χ1) is 11.7. The summed E-state index contributed by atoms with van der Waals surface area (Å²) in [6.45, 7) is 3.40. The topological polar surface area (TPSA) is 79.5 Å². The van der Waals surface area contributed by atoms with Crippen LogP contribution in [-0.2, 0) is 15.7 Å². The number of alkyl halides is 3. The second-order valence-corrected chi connectivity index (χ2v) is 5.36. The van der Waals surface area contributed by atoms with Crippen molar-refractivity contribution in [3.63, 3.8) is 0 Å². The van der Waals surface area contributed by atoms with E-state index in [2.05, 4.69) is 16.0 Å². The van der Waals surface area contributed by atoms with Crippen LogP contribution in [-0.4, -0.2) is 31.2 Å². The Bertz CT molecular complexity index is 701. The number of ether oxygens (including phenoxy) is 1. The number of hydrogen-bond acceptors (Lipinski definition) is 4. The molecule has 2 rings (SSSR count). The Morgan fingerprint density at radius 2 is 2.08 bits per heavy atom. The van der Waals surface area contributed by atoms with Gasteiger partial charge in [0.25, 0.3) is 0 Å². The van der Waals surface area contributed by atoms with E-state index in [1.165, 1.54) is 12.1 Å². The minimum absolute atomic E-state index is 0.0345. The Hall–Kier alpha value is -2.71. The maximum atomic E-state index is 12.8. The monoisotopic (exact) mass is 357 g/mol. The number of nitrogens with one attached hydrogen (secondary N) is 3.